The van der Waals surface area contributed by atoms with Crippen LogP contribution in [0.2, 0.25) is 10.0 Å². The molecule has 0 fully saturated rings. The molecule has 0 saturated heterocycles. The van der Waals surface area contributed by atoms with Crippen molar-refractivity contribution in [1.29, 1.82) is 0 Å². The van der Waals surface area contributed by atoms with E-state index in [9.17, 15) is 13.2 Å². The Labute approximate surface area is 203 Å². The molecule has 1 aromatic heterocycles. The molecule has 162 valence electrons. The number of anilines is 1. The van der Waals surface area contributed by atoms with Crippen LogP contribution in [0.5, 0.6) is 0 Å². The lowest BCUT2D eigenvalue weighted by Gasteiger charge is -2.21. The zero-order valence-corrected chi connectivity index (χ0v) is 20.5. The van der Waals surface area contributed by atoms with Gasteiger partial charge in [-0.3, -0.25) is 9.10 Å². The van der Waals surface area contributed by atoms with Crippen LogP contribution in [0.4, 0.5) is 5.69 Å². The Morgan fingerprint density at radius 2 is 1.87 bits per heavy atom. The fourth-order valence-corrected chi connectivity index (χ4v) is 4.31. The van der Waals surface area contributed by atoms with Crippen LogP contribution in [0.25, 0.3) is 11.3 Å². The minimum Gasteiger partial charge on any atom is -0.455 e. The molecule has 0 aliphatic rings. The van der Waals surface area contributed by atoms with E-state index in [2.05, 4.69) is 33.1 Å². The zero-order valence-electron chi connectivity index (χ0n) is 16.1. The van der Waals surface area contributed by atoms with Gasteiger partial charge in [0.1, 0.15) is 18.1 Å². The minimum atomic E-state index is -3.66. The number of rotatable bonds is 7. The summed E-state index contributed by atoms with van der Waals surface area (Å²) in [6, 6.07) is 15.2. The van der Waals surface area contributed by atoms with E-state index in [0.717, 1.165) is 14.1 Å². The normalized spacial score (nSPS) is 11.6. The molecule has 11 heteroatoms. The number of hydrogen-bond acceptors (Lipinski definition) is 5. The molecule has 0 radical (unpaired) electrons. The maximum absolute atomic E-state index is 12.2. The van der Waals surface area contributed by atoms with E-state index in [0.29, 0.717) is 32.8 Å². The minimum absolute atomic E-state index is 0.374. The maximum Gasteiger partial charge on any atom is 0.260 e. The molecule has 3 rings (SSSR count). The van der Waals surface area contributed by atoms with Gasteiger partial charge in [-0.2, -0.15) is 5.10 Å². The first-order valence-electron chi connectivity index (χ1n) is 8.74. The summed E-state index contributed by atoms with van der Waals surface area (Å²) in [4.78, 5) is 12.2. The lowest BCUT2D eigenvalue weighted by atomic mass is 10.2. The summed E-state index contributed by atoms with van der Waals surface area (Å²) >= 11 is 14.2. The Hall–Kier alpha value is -2.08. The Balaban J connectivity index is 1.66. The highest BCUT2D eigenvalue weighted by Gasteiger charge is 2.20. The topological polar surface area (TPSA) is 92.0 Å². The monoisotopic (exact) mass is 591 g/mol. The summed E-state index contributed by atoms with van der Waals surface area (Å²) in [6.45, 7) is -0.416. The van der Waals surface area contributed by atoms with E-state index in [1.54, 1.807) is 54.6 Å². The van der Waals surface area contributed by atoms with Gasteiger partial charge >= 0.3 is 0 Å². The number of carbonyl (C=O) groups is 1. The number of hydrazone groups is 1. The van der Waals surface area contributed by atoms with Crippen molar-refractivity contribution in [3.05, 3.63) is 74.0 Å². The van der Waals surface area contributed by atoms with Gasteiger partial charge in [0.05, 0.1) is 23.2 Å². The third kappa shape index (κ3) is 6.45. The predicted molar refractivity (Wildman–Crippen MR) is 131 cm³/mol. The second-order valence-electron chi connectivity index (χ2n) is 6.37. The van der Waals surface area contributed by atoms with E-state index in [-0.39, 0.29) is 0 Å². The van der Waals surface area contributed by atoms with Crippen molar-refractivity contribution < 1.29 is 17.6 Å². The van der Waals surface area contributed by atoms with Crippen LogP contribution < -0.4 is 9.73 Å². The summed E-state index contributed by atoms with van der Waals surface area (Å²) in [5.74, 6) is 0.281. The number of hydrogen-bond donors (Lipinski definition) is 1. The molecule has 0 unspecified atom stereocenters. The van der Waals surface area contributed by atoms with Crippen molar-refractivity contribution in [2.45, 2.75) is 0 Å². The Bertz CT molecular complexity index is 1230. The lowest BCUT2D eigenvalue weighted by molar-refractivity contribution is -0.119. The number of benzene rings is 2. The van der Waals surface area contributed by atoms with Crippen LogP contribution in [-0.4, -0.2) is 33.3 Å². The lowest BCUT2D eigenvalue weighted by Crippen LogP contribution is -2.39. The third-order valence-corrected chi connectivity index (χ3v) is 6.41. The average Bonchev–Trinajstić information content (AvgIpc) is 3.14. The fraction of sp³-hybridized carbons (Fsp3) is 0.100. The summed E-state index contributed by atoms with van der Waals surface area (Å²) in [5.41, 5.74) is 3.35. The van der Waals surface area contributed by atoms with Crippen molar-refractivity contribution in [2.24, 2.45) is 5.10 Å². The van der Waals surface area contributed by atoms with Gasteiger partial charge < -0.3 is 4.42 Å². The number of halogens is 3. The van der Waals surface area contributed by atoms with Crippen LogP contribution in [0, 0.1) is 3.57 Å². The third-order valence-electron chi connectivity index (χ3n) is 4.01. The van der Waals surface area contributed by atoms with E-state index in [4.69, 9.17) is 27.6 Å². The molecular formula is C20H16Cl2IN3O4S. The first-order valence-corrected chi connectivity index (χ1v) is 12.4. The molecule has 0 spiro atoms. The Morgan fingerprint density at radius 1 is 1.16 bits per heavy atom. The molecule has 2 aromatic carbocycles. The molecule has 1 amide bonds. The smallest absolute Gasteiger partial charge is 0.260 e. The van der Waals surface area contributed by atoms with Crippen molar-refractivity contribution in [3.63, 3.8) is 0 Å². The molecule has 0 aliphatic heterocycles. The number of sulfonamides is 1. The molecule has 31 heavy (non-hydrogen) atoms. The highest BCUT2D eigenvalue weighted by molar-refractivity contribution is 14.1. The number of carbonyl (C=O) groups excluding carboxylic acids is 1. The van der Waals surface area contributed by atoms with Gasteiger partial charge in [-0.25, -0.2) is 13.8 Å². The number of furan rings is 1. The molecule has 0 aliphatic carbocycles. The van der Waals surface area contributed by atoms with Gasteiger partial charge in [0.25, 0.3) is 5.91 Å². The summed E-state index contributed by atoms with van der Waals surface area (Å²) in [6.07, 6.45) is 2.34. The Kier molecular flexibility index (Phi) is 7.63. The van der Waals surface area contributed by atoms with E-state index >= 15 is 0 Å². The molecule has 0 bridgehead atoms. The van der Waals surface area contributed by atoms with Gasteiger partial charge in [-0.05, 0) is 77.2 Å². The average molecular weight is 592 g/mol. The summed E-state index contributed by atoms with van der Waals surface area (Å²) in [5, 5.41) is 4.79. The molecule has 7 nitrogen and oxygen atoms in total. The van der Waals surface area contributed by atoms with Crippen LogP contribution in [-0.2, 0) is 14.8 Å². The number of nitrogens with zero attached hydrogens (tertiary/aromatic N) is 2. The van der Waals surface area contributed by atoms with Crippen LogP contribution in [0.1, 0.15) is 5.76 Å². The number of nitrogens with one attached hydrogen (secondary N) is 1. The fourth-order valence-electron chi connectivity index (χ4n) is 2.60. The molecule has 1 heterocycles. The zero-order chi connectivity index (χ0) is 22.6. The highest BCUT2D eigenvalue weighted by atomic mass is 127. The largest absolute Gasteiger partial charge is 0.455 e. The molecule has 0 atom stereocenters. The van der Waals surface area contributed by atoms with Crippen molar-refractivity contribution in [3.8, 4) is 11.3 Å². The van der Waals surface area contributed by atoms with Gasteiger partial charge in [-0.15, -0.1) is 0 Å². The molecule has 1 N–H and O–H groups in total. The van der Waals surface area contributed by atoms with Gasteiger partial charge in [0, 0.05) is 14.2 Å². The van der Waals surface area contributed by atoms with E-state index in [1.807, 2.05) is 0 Å². The van der Waals surface area contributed by atoms with Gasteiger partial charge in [0.2, 0.25) is 10.0 Å². The van der Waals surface area contributed by atoms with Crippen molar-refractivity contribution in [1.82, 2.24) is 5.43 Å². The quantitative estimate of drug-likeness (QED) is 0.243. The Morgan fingerprint density at radius 3 is 2.52 bits per heavy atom. The highest BCUT2D eigenvalue weighted by Crippen LogP contribution is 2.31. The summed E-state index contributed by atoms with van der Waals surface area (Å²) in [7, 11) is -3.66. The van der Waals surface area contributed by atoms with E-state index in [1.165, 1.54) is 6.21 Å². The van der Waals surface area contributed by atoms with Crippen molar-refractivity contribution in [2.75, 3.05) is 17.1 Å². The molecule has 3 aromatic rings. The van der Waals surface area contributed by atoms with E-state index < -0.39 is 22.5 Å². The van der Waals surface area contributed by atoms with Crippen LogP contribution in [0.3, 0.4) is 0 Å². The van der Waals surface area contributed by atoms with Crippen LogP contribution >= 0.6 is 45.8 Å². The number of amides is 1. The second kappa shape index (κ2) is 10.0. The standard InChI is InChI=1S/C20H16Cl2IN3O4S/c1-31(28,29)26(15-5-3-14(23)4-6-15)12-20(27)25-24-11-16-7-9-19(30-16)17-8-2-13(21)10-18(17)22/h2-11H,12H2,1H3,(H,25,27)/b24-11-. The van der Waals surface area contributed by atoms with Gasteiger partial charge in [0.15, 0.2) is 0 Å². The SMILES string of the molecule is CS(=O)(=O)N(CC(=O)N/N=C\c1ccc(-c2ccc(Cl)cc2Cl)o1)c1ccc(I)cc1. The second-order valence-corrected chi connectivity index (χ2v) is 10.4. The predicted octanol–water partition coefficient (Wildman–Crippen LogP) is 4.77. The first-order chi connectivity index (χ1) is 14.6. The summed E-state index contributed by atoms with van der Waals surface area (Å²) < 4.78 is 31.8. The molecular weight excluding hydrogens is 576 g/mol. The van der Waals surface area contributed by atoms with Crippen molar-refractivity contribution >= 4 is 73.6 Å². The molecule has 0 saturated carbocycles. The van der Waals surface area contributed by atoms with Crippen LogP contribution in [0.15, 0.2) is 64.1 Å². The van der Waals surface area contributed by atoms with Gasteiger partial charge in [-0.1, -0.05) is 23.2 Å². The maximum atomic E-state index is 12.2. The first kappa shape index (κ1) is 23.6.